The maximum absolute atomic E-state index is 12.6. The van der Waals surface area contributed by atoms with E-state index in [1.165, 1.54) is 38.5 Å². The molecule has 0 heterocycles. The molecule has 158 valence electrons. The van der Waals surface area contributed by atoms with Crippen LogP contribution in [0.2, 0.25) is 5.02 Å². The summed E-state index contributed by atoms with van der Waals surface area (Å²) < 4.78 is 10.3. The van der Waals surface area contributed by atoms with Crippen LogP contribution in [-0.2, 0) is 9.59 Å². The van der Waals surface area contributed by atoms with Crippen LogP contribution in [-0.4, -0.2) is 36.9 Å². The SMILES string of the molecule is COc1cc(NC(=O)C(N=Nc2ccc(C)cc2[N+](=O)[O-])C(C)=O)cc(OC)c1Cl. The van der Waals surface area contributed by atoms with Crippen molar-refractivity contribution in [3.8, 4) is 11.5 Å². The quantitative estimate of drug-likeness (QED) is 0.285. The Kier molecular flexibility index (Phi) is 7.43. The fourth-order valence-electron chi connectivity index (χ4n) is 2.45. The molecule has 0 aliphatic heterocycles. The number of halogens is 1. The molecular weight excluding hydrogens is 416 g/mol. The van der Waals surface area contributed by atoms with Crippen LogP contribution >= 0.6 is 11.6 Å². The second-order valence-electron chi connectivity index (χ2n) is 6.16. The first-order valence-corrected chi connectivity index (χ1v) is 8.94. The van der Waals surface area contributed by atoms with Crippen molar-refractivity contribution in [2.75, 3.05) is 19.5 Å². The molecule has 0 aromatic heterocycles. The average Bonchev–Trinajstić information content (AvgIpc) is 2.69. The lowest BCUT2D eigenvalue weighted by molar-refractivity contribution is -0.384. The van der Waals surface area contributed by atoms with Gasteiger partial charge in [-0.1, -0.05) is 17.7 Å². The fourth-order valence-corrected chi connectivity index (χ4v) is 2.72. The topological polar surface area (TPSA) is 132 Å². The highest BCUT2D eigenvalue weighted by Crippen LogP contribution is 2.37. The van der Waals surface area contributed by atoms with Gasteiger partial charge in [-0.15, -0.1) is 5.11 Å². The van der Waals surface area contributed by atoms with Crippen molar-refractivity contribution in [3.63, 3.8) is 0 Å². The van der Waals surface area contributed by atoms with Crippen molar-refractivity contribution in [2.24, 2.45) is 10.2 Å². The van der Waals surface area contributed by atoms with Gasteiger partial charge in [0, 0.05) is 23.9 Å². The van der Waals surface area contributed by atoms with Gasteiger partial charge in [-0.05, 0) is 25.5 Å². The first-order chi connectivity index (χ1) is 14.2. The van der Waals surface area contributed by atoms with Gasteiger partial charge < -0.3 is 14.8 Å². The molecule has 0 saturated heterocycles. The van der Waals surface area contributed by atoms with Crippen molar-refractivity contribution in [3.05, 3.63) is 51.0 Å². The minimum atomic E-state index is -1.52. The predicted molar refractivity (Wildman–Crippen MR) is 110 cm³/mol. The third-order valence-electron chi connectivity index (χ3n) is 3.96. The summed E-state index contributed by atoms with van der Waals surface area (Å²) in [6.45, 7) is 2.85. The number of Topliss-reactive ketones (excluding diaryl/α,β-unsaturated/α-hetero) is 1. The third-order valence-corrected chi connectivity index (χ3v) is 4.33. The summed E-state index contributed by atoms with van der Waals surface area (Å²) in [6, 6.07) is 5.70. The summed E-state index contributed by atoms with van der Waals surface area (Å²) in [5, 5.41) is 21.4. The summed E-state index contributed by atoms with van der Waals surface area (Å²) >= 11 is 6.09. The second-order valence-corrected chi connectivity index (χ2v) is 6.54. The van der Waals surface area contributed by atoms with Crippen LogP contribution in [0.5, 0.6) is 11.5 Å². The van der Waals surface area contributed by atoms with E-state index in [-0.39, 0.29) is 33.6 Å². The van der Waals surface area contributed by atoms with E-state index in [0.717, 1.165) is 6.92 Å². The van der Waals surface area contributed by atoms with E-state index in [0.29, 0.717) is 5.56 Å². The maximum Gasteiger partial charge on any atom is 0.296 e. The molecule has 2 aromatic rings. The van der Waals surface area contributed by atoms with E-state index in [4.69, 9.17) is 21.1 Å². The van der Waals surface area contributed by atoms with E-state index in [1.807, 2.05) is 0 Å². The van der Waals surface area contributed by atoms with Crippen LogP contribution < -0.4 is 14.8 Å². The Labute approximate surface area is 177 Å². The first-order valence-electron chi connectivity index (χ1n) is 8.56. The average molecular weight is 435 g/mol. The number of benzene rings is 2. The Hall–Kier alpha value is -3.53. The lowest BCUT2D eigenvalue weighted by atomic mass is 10.2. The minimum absolute atomic E-state index is 0.0699. The Morgan fingerprint density at radius 1 is 1.17 bits per heavy atom. The summed E-state index contributed by atoms with van der Waals surface area (Å²) in [5.41, 5.74) is 0.557. The maximum atomic E-state index is 12.6. The molecule has 0 aliphatic rings. The number of ether oxygens (including phenoxy) is 2. The van der Waals surface area contributed by atoms with Crippen molar-refractivity contribution >= 4 is 40.4 Å². The van der Waals surface area contributed by atoms with Gasteiger partial charge in [0.1, 0.15) is 16.5 Å². The number of nitro groups is 1. The zero-order valence-corrected chi connectivity index (χ0v) is 17.4. The third kappa shape index (κ3) is 5.29. The van der Waals surface area contributed by atoms with E-state index >= 15 is 0 Å². The smallest absolute Gasteiger partial charge is 0.296 e. The number of ketones is 1. The summed E-state index contributed by atoms with van der Waals surface area (Å²) in [7, 11) is 2.79. The molecule has 1 amide bonds. The standard InChI is InChI=1S/C19H19ClN4O6/c1-10-5-6-13(14(7-10)24(27)28)22-23-18(11(2)25)19(26)21-12-8-15(29-3)17(20)16(9-12)30-4/h5-9,18H,1-4H3,(H,21,26). The first kappa shape index (κ1) is 22.8. The number of methoxy groups -OCH3 is 2. The zero-order chi connectivity index (χ0) is 22.4. The lowest BCUT2D eigenvalue weighted by Gasteiger charge is -2.13. The molecule has 2 aromatic carbocycles. The Bertz CT molecular complexity index is 999. The number of nitro benzene ring substituents is 1. The number of anilines is 1. The molecule has 2 rings (SSSR count). The van der Waals surface area contributed by atoms with Gasteiger partial charge in [-0.2, -0.15) is 5.11 Å². The number of carbonyl (C=O) groups excluding carboxylic acids is 2. The number of nitrogens with one attached hydrogen (secondary N) is 1. The number of amides is 1. The van der Waals surface area contributed by atoms with E-state index in [1.54, 1.807) is 13.0 Å². The van der Waals surface area contributed by atoms with Crippen LogP contribution in [0.1, 0.15) is 12.5 Å². The molecule has 1 atom stereocenters. The fraction of sp³-hybridized carbons (Fsp3) is 0.263. The predicted octanol–water partition coefficient (Wildman–Crippen LogP) is 4.25. The van der Waals surface area contributed by atoms with E-state index in [2.05, 4.69) is 15.5 Å². The highest BCUT2D eigenvalue weighted by Gasteiger charge is 2.25. The number of hydrogen-bond donors (Lipinski definition) is 1. The molecule has 0 fully saturated rings. The van der Waals surface area contributed by atoms with Crippen LogP contribution in [0.4, 0.5) is 17.1 Å². The van der Waals surface area contributed by atoms with Gasteiger partial charge in [0.05, 0.1) is 19.1 Å². The van der Waals surface area contributed by atoms with Crippen LogP contribution in [0.25, 0.3) is 0 Å². The largest absolute Gasteiger partial charge is 0.495 e. The molecule has 11 heteroatoms. The summed E-state index contributed by atoms with van der Waals surface area (Å²) in [6.07, 6.45) is 0. The van der Waals surface area contributed by atoms with Gasteiger partial charge in [0.15, 0.2) is 11.5 Å². The van der Waals surface area contributed by atoms with Crippen LogP contribution in [0.3, 0.4) is 0 Å². The number of hydrogen-bond acceptors (Lipinski definition) is 8. The normalized spacial score (nSPS) is 11.8. The molecule has 1 N–H and O–H groups in total. The number of aryl methyl sites for hydroxylation is 1. The highest BCUT2D eigenvalue weighted by molar-refractivity contribution is 6.33. The molecule has 0 spiro atoms. The summed E-state index contributed by atoms with van der Waals surface area (Å²) in [4.78, 5) is 35.1. The lowest BCUT2D eigenvalue weighted by Crippen LogP contribution is -2.31. The molecule has 1 unspecified atom stereocenters. The zero-order valence-electron chi connectivity index (χ0n) is 16.6. The Morgan fingerprint density at radius 2 is 1.77 bits per heavy atom. The molecule has 30 heavy (non-hydrogen) atoms. The molecule has 0 aliphatic carbocycles. The number of azo groups is 1. The Balaban J connectivity index is 2.32. The molecule has 0 saturated carbocycles. The number of carbonyl (C=O) groups is 2. The second kappa shape index (κ2) is 9.79. The van der Waals surface area contributed by atoms with Gasteiger partial charge in [-0.3, -0.25) is 19.7 Å². The molecule has 10 nitrogen and oxygen atoms in total. The van der Waals surface area contributed by atoms with Crippen LogP contribution in [0, 0.1) is 17.0 Å². The van der Waals surface area contributed by atoms with Gasteiger partial charge in [0.25, 0.3) is 11.6 Å². The highest BCUT2D eigenvalue weighted by atomic mass is 35.5. The molecule has 0 bridgehead atoms. The minimum Gasteiger partial charge on any atom is -0.495 e. The van der Waals surface area contributed by atoms with Crippen molar-refractivity contribution < 1.29 is 24.0 Å². The summed E-state index contributed by atoms with van der Waals surface area (Å²) in [5.74, 6) is -0.878. The van der Waals surface area contributed by atoms with Crippen molar-refractivity contribution in [2.45, 2.75) is 19.9 Å². The van der Waals surface area contributed by atoms with E-state index < -0.39 is 22.7 Å². The van der Waals surface area contributed by atoms with Crippen molar-refractivity contribution in [1.82, 2.24) is 0 Å². The van der Waals surface area contributed by atoms with Crippen molar-refractivity contribution in [1.29, 1.82) is 0 Å². The van der Waals surface area contributed by atoms with Crippen LogP contribution in [0.15, 0.2) is 40.6 Å². The van der Waals surface area contributed by atoms with Gasteiger partial charge in [0.2, 0.25) is 6.04 Å². The molecular formula is C19H19ClN4O6. The number of nitrogens with zero attached hydrogens (tertiary/aromatic N) is 3. The molecule has 0 radical (unpaired) electrons. The Morgan fingerprint density at radius 3 is 2.27 bits per heavy atom. The number of rotatable bonds is 8. The van der Waals surface area contributed by atoms with Gasteiger partial charge >= 0.3 is 0 Å². The van der Waals surface area contributed by atoms with Gasteiger partial charge in [-0.25, -0.2) is 0 Å². The van der Waals surface area contributed by atoms with E-state index in [9.17, 15) is 19.7 Å². The monoisotopic (exact) mass is 434 g/mol.